The van der Waals surface area contributed by atoms with Crippen LogP contribution in [0.5, 0.6) is 0 Å². The summed E-state index contributed by atoms with van der Waals surface area (Å²) in [5.74, 6) is 0.501. The van der Waals surface area contributed by atoms with E-state index in [4.69, 9.17) is 9.47 Å². The summed E-state index contributed by atoms with van der Waals surface area (Å²) in [5, 5.41) is 9.30. The summed E-state index contributed by atoms with van der Waals surface area (Å²) in [6.45, 7) is 9.45. The summed E-state index contributed by atoms with van der Waals surface area (Å²) < 4.78 is 10.3. The Morgan fingerprint density at radius 2 is 1.85 bits per heavy atom. The van der Waals surface area contributed by atoms with Crippen LogP contribution in [-0.2, 0) is 9.47 Å². The van der Waals surface area contributed by atoms with Crippen molar-refractivity contribution in [1.82, 2.24) is 0 Å². The maximum Gasteiger partial charge on any atom is 0.101 e. The quantitative estimate of drug-likeness (QED) is 0.460. The SMILES string of the molecule is C=CCOCC(O)COCC(C)C. The molecule has 3 heteroatoms. The van der Waals surface area contributed by atoms with Crippen molar-refractivity contribution >= 4 is 0 Å². The number of aliphatic hydroxyl groups is 1. The Bertz CT molecular complexity index is 123. The number of ether oxygens (including phenoxy) is 2. The second kappa shape index (κ2) is 8.23. The molecule has 0 aromatic carbocycles. The molecule has 0 saturated carbocycles. The minimum atomic E-state index is -0.529. The lowest BCUT2D eigenvalue weighted by Gasteiger charge is -2.12. The first-order chi connectivity index (χ1) is 6.16. The summed E-state index contributed by atoms with van der Waals surface area (Å²) in [5.41, 5.74) is 0. The monoisotopic (exact) mass is 188 g/mol. The van der Waals surface area contributed by atoms with Gasteiger partial charge in [-0.25, -0.2) is 0 Å². The van der Waals surface area contributed by atoms with E-state index in [-0.39, 0.29) is 0 Å². The van der Waals surface area contributed by atoms with Gasteiger partial charge >= 0.3 is 0 Å². The second-order valence-electron chi connectivity index (χ2n) is 3.41. The molecule has 0 saturated heterocycles. The highest BCUT2D eigenvalue weighted by molar-refractivity contribution is 4.64. The molecule has 0 bridgehead atoms. The Morgan fingerprint density at radius 1 is 1.23 bits per heavy atom. The van der Waals surface area contributed by atoms with Gasteiger partial charge in [-0.3, -0.25) is 0 Å². The molecule has 0 rings (SSSR count). The van der Waals surface area contributed by atoms with Crippen LogP contribution in [0.1, 0.15) is 13.8 Å². The van der Waals surface area contributed by atoms with E-state index in [0.29, 0.717) is 32.3 Å². The molecule has 0 aliphatic heterocycles. The molecule has 0 fully saturated rings. The van der Waals surface area contributed by atoms with Crippen molar-refractivity contribution in [3.8, 4) is 0 Å². The fourth-order valence-electron chi connectivity index (χ4n) is 0.775. The van der Waals surface area contributed by atoms with Crippen LogP contribution in [0.4, 0.5) is 0 Å². The Kier molecular flexibility index (Phi) is 7.99. The molecule has 0 aromatic rings. The van der Waals surface area contributed by atoms with Crippen molar-refractivity contribution in [3.63, 3.8) is 0 Å². The normalized spacial score (nSPS) is 13.2. The first-order valence-electron chi connectivity index (χ1n) is 4.61. The van der Waals surface area contributed by atoms with Gasteiger partial charge in [-0.1, -0.05) is 19.9 Å². The van der Waals surface area contributed by atoms with E-state index < -0.39 is 6.10 Å². The number of hydrogen-bond donors (Lipinski definition) is 1. The fourth-order valence-corrected chi connectivity index (χ4v) is 0.775. The molecule has 78 valence electrons. The fraction of sp³-hybridized carbons (Fsp3) is 0.800. The highest BCUT2D eigenvalue weighted by atomic mass is 16.5. The van der Waals surface area contributed by atoms with Crippen LogP contribution >= 0.6 is 0 Å². The molecule has 3 nitrogen and oxygen atoms in total. The van der Waals surface area contributed by atoms with E-state index in [1.165, 1.54) is 0 Å². The van der Waals surface area contributed by atoms with Gasteiger partial charge in [-0.15, -0.1) is 6.58 Å². The minimum Gasteiger partial charge on any atom is -0.388 e. The highest BCUT2D eigenvalue weighted by Gasteiger charge is 2.04. The van der Waals surface area contributed by atoms with E-state index in [9.17, 15) is 5.11 Å². The molecule has 0 heterocycles. The smallest absolute Gasteiger partial charge is 0.101 e. The molecule has 0 amide bonds. The Hall–Kier alpha value is -0.380. The lowest BCUT2D eigenvalue weighted by Crippen LogP contribution is -2.22. The zero-order chi connectivity index (χ0) is 10.1. The van der Waals surface area contributed by atoms with Gasteiger partial charge < -0.3 is 14.6 Å². The van der Waals surface area contributed by atoms with Crippen LogP contribution in [0.15, 0.2) is 12.7 Å². The number of hydrogen-bond acceptors (Lipinski definition) is 3. The van der Waals surface area contributed by atoms with Crippen LogP contribution in [0.3, 0.4) is 0 Å². The summed E-state index contributed by atoms with van der Waals surface area (Å²) in [4.78, 5) is 0. The van der Waals surface area contributed by atoms with Crippen molar-refractivity contribution in [3.05, 3.63) is 12.7 Å². The molecule has 1 atom stereocenters. The third-order valence-electron chi connectivity index (χ3n) is 1.31. The largest absolute Gasteiger partial charge is 0.388 e. The molecule has 0 radical (unpaired) electrons. The van der Waals surface area contributed by atoms with Gasteiger partial charge in [0, 0.05) is 6.61 Å². The maximum atomic E-state index is 9.30. The molecule has 0 aromatic heterocycles. The van der Waals surface area contributed by atoms with Crippen LogP contribution < -0.4 is 0 Å². The van der Waals surface area contributed by atoms with Crippen molar-refractivity contribution in [1.29, 1.82) is 0 Å². The van der Waals surface area contributed by atoms with Crippen LogP contribution in [0.2, 0.25) is 0 Å². The summed E-state index contributed by atoms with van der Waals surface area (Å²) >= 11 is 0. The molecular weight excluding hydrogens is 168 g/mol. The summed E-state index contributed by atoms with van der Waals surface area (Å²) in [7, 11) is 0. The van der Waals surface area contributed by atoms with Crippen LogP contribution in [0.25, 0.3) is 0 Å². The average molecular weight is 188 g/mol. The van der Waals surface area contributed by atoms with Crippen molar-refractivity contribution < 1.29 is 14.6 Å². The molecule has 1 N–H and O–H groups in total. The zero-order valence-electron chi connectivity index (χ0n) is 8.53. The summed E-state index contributed by atoms with van der Waals surface area (Å²) in [6.07, 6.45) is 1.13. The predicted octanol–water partition coefficient (Wildman–Crippen LogP) is 1.22. The van der Waals surface area contributed by atoms with Gasteiger partial charge in [-0.05, 0) is 5.92 Å². The maximum absolute atomic E-state index is 9.30. The van der Waals surface area contributed by atoms with Crippen molar-refractivity contribution in [2.24, 2.45) is 5.92 Å². The third kappa shape index (κ3) is 9.53. The zero-order valence-corrected chi connectivity index (χ0v) is 8.53. The molecule has 1 unspecified atom stereocenters. The highest BCUT2D eigenvalue weighted by Crippen LogP contribution is 1.94. The van der Waals surface area contributed by atoms with Gasteiger partial charge in [-0.2, -0.15) is 0 Å². The van der Waals surface area contributed by atoms with E-state index >= 15 is 0 Å². The molecule has 13 heavy (non-hydrogen) atoms. The Labute approximate surface area is 80.4 Å². The third-order valence-corrected chi connectivity index (χ3v) is 1.31. The molecule has 0 aliphatic rings. The van der Waals surface area contributed by atoms with E-state index in [1.807, 2.05) is 0 Å². The van der Waals surface area contributed by atoms with Crippen molar-refractivity contribution in [2.45, 2.75) is 20.0 Å². The lowest BCUT2D eigenvalue weighted by atomic mass is 10.2. The first-order valence-corrected chi connectivity index (χ1v) is 4.61. The second-order valence-corrected chi connectivity index (χ2v) is 3.41. The first kappa shape index (κ1) is 12.6. The Morgan fingerprint density at radius 3 is 2.38 bits per heavy atom. The van der Waals surface area contributed by atoms with Gasteiger partial charge in [0.05, 0.1) is 19.8 Å². The van der Waals surface area contributed by atoms with Gasteiger partial charge in [0.15, 0.2) is 0 Å². The van der Waals surface area contributed by atoms with E-state index in [0.717, 1.165) is 0 Å². The topological polar surface area (TPSA) is 38.7 Å². The van der Waals surface area contributed by atoms with Crippen LogP contribution in [0, 0.1) is 5.92 Å². The number of rotatable bonds is 8. The average Bonchev–Trinajstić information content (AvgIpc) is 2.04. The number of aliphatic hydroxyl groups excluding tert-OH is 1. The molecule has 0 aliphatic carbocycles. The van der Waals surface area contributed by atoms with Gasteiger partial charge in [0.25, 0.3) is 0 Å². The van der Waals surface area contributed by atoms with Gasteiger partial charge in [0.2, 0.25) is 0 Å². The van der Waals surface area contributed by atoms with Crippen molar-refractivity contribution in [2.75, 3.05) is 26.4 Å². The molecular formula is C10H20O3. The van der Waals surface area contributed by atoms with Crippen LogP contribution in [-0.4, -0.2) is 37.6 Å². The Balaban J connectivity index is 3.19. The summed E-state index contributed by atoms with van der Waals surface area (Å²) in [6, 6.07) is 0. The van der Waals surface area contributed by atoms with E-state index in [1.54, 1.807) is 6.08 Å². The predicted molar refractivity (Wildman–Crippen MR) is 52.7 cm³/mol. The minimum absolute atomic E-state index is 0.310. The molecule has 0 spiro atoms. The van der Waals surface area contributed by atoms with E-state index in [2.05, 4.69) is 20.4 Å². The van der Waals surface area contributed by atoms with Gasteiger partial charge in [0.1, 0.15) is 6.10 Å². The lowest BCUT2D eigenvalue weighted by molar-refractivity contribution is -0.0186. The standard InChI is InChI=1S/C10H20O3/c1-4-5-12-7-10(11)8-13-6-9(2)3/h4,9-11H,1,5-8H2,2-3H3.